The topological polar surface area (TPSA) is 94.5 Å². The Hall–Kier alpha value is -0.130. The third kappa shape index (κ3) is 8.74. The van der Waals surface area contributed by atoms with Gasteiger partial charge in [-0.2, -0.15) is 0 Å². The van der Waals surface area contributed by atoms with Crippen LogP contribution in [-0.2, 0) is 23.7 Å². The van der Waals surface area contributed by atoms with E-state index < -0.39 is 71.7 Å². The molecule has 2 N–H and O–H groups in total. The van der Waals surface area contributed by atoms with Gasteiger partial charge >= 0.3 is 243 Å². The number of esters is 1. The fourth-order valence-electron chi connectivity index (χ4n) is 7.54. The zero-order valence-electron chi connectivity index (χ0n) is 28.3. The summed E-state index contributed by atoms with van der Waals surface area (Å²) in [4.78, 5) is 16.2. The Balaban J connectivity index is 2.51. The molecule has 2 rings (SSSR count). The van der Waals surface area contributed by atoms with Crippen molar-refractivity contribution in [2.24, 2.45) is 28.6 Å². The van der Waals surface area contributed by atoms with Crippen LogP contribution in [0, 0.1) is 28.6 Å². The molecule has 0 amide bonds. The maximum atomic E-state index is 13.8. The minimum atomic E-state index is -2.58. The molecule has 0 aromatic rings. The van der Waals surface area contributed by atoms with Gasteiger partial charge in [0.25, 0.3) is 0 Å². The second-order valence-corrected chi connectivity index (χ2v) is 25.1. The summed E-state index contributed by atoms with van der Waals surface area (Å²) < 4.78 is 30.7. The van der Waals surface area contributed by atoms with Crippen molar-refractivity contribution < 1.29 is 34.0 Å². The molecule has 7 nitrogen and oxygen atoms in total. The molecule has 2 aliphatic rings. The van der Waals surface area contributed by atoms with Crippen molar-refractivity contribution >= 4 is 28.4 Å². The molecular formula is C33H63IO7. The van der Waals surface area contributed by atoms with E-state index in [1.807, 2.05) is 41.5 Å². The number of cyclic esters (lactones) is 1. The molecule has 41 heavy (non-hydrogen) atoms. The summed E-state index contributed by atoms with van der Waals surface area (Å²) in [5, 5.41) is 22.4. The Labute approximate surface area is 254 Å². The summed E-state index contributed by atoms with van der Waals surface area (Å²) in [6.45, 7) is 22.9. The summed E-state index contributed by atoms with van der Waals surface area (Å²) in [5.74, 6) is -0.368. The molecule has 8 heteroatoms. The second kappa shape index (κ2) is 13.9. The number of hydrogen-bond acceptors (Lipinski definition) is 7. The summed E-state index contributed by atoms with van der Waals surface area (Å²) in [6, 6.07) is 0. The first-order chi connectivity index (χ1) is 18.6. The third-order valence-corrected chi connectivity index (χ3v) is 19.0. The molecule has 12 atom stereocenters. The van der Waals surface area contributed by atoms with E-state index in [-0.39, 0.29) is 21.2 Å². The van der Waals surface area contributed by atoms with Crippen molar-refractivity contribution in [2.75, 3.05) is 16.5 Å². The number of ether oxygens (including phenoxy) is 4. The summed E-state index contributed by atoms with van der Waals surface area (Å²) in [5.41, 5.74) is -1.44. The van der Waals surface area contributed by atoms with Crippen molar-refractivity contribution in [1.29, 1.82) is 0 Å². The molecule has 0 aliphatic carbocycles. The zero-order chi connectivity index (χ0) is 31.7. The number of halogens is 1. The summed E-state index contributed by atoms with van der Waals surface area (Å²) in [7, 11) is 1.59. The predicted molar refractivity (Wildman–Crippen MR) is 177 cm³/mol. The van der Waals surface area contributed by atoms with Crippen LogP contribution in [0.25, 0.3) is 0 Å². The van der Waals surface area contributed by atoms with Gasteiger partial charge in [0.15, 0.2) is 0 Å². The molecule has 244 valence electrons. The van der Waals surface area contributed by atoms with Gasteiger partial charge in [-0.15, -0.1) is 0 Å². The number of aliphatic hydroxyl groups is 2. The molecule has 1 unspecified atom stereocenters. The van der Waals surface area contributed by atoms with Gasteiger partial charge in [0.2, 0.25) is 0 Å². The van der Waals surface area contributed by atoms with Crippen LogP contribution in [0.4, 0.5) is 0 Å². The van der Waals surface area contributed by atoms with Gasteiger partial charge in [-0.1, -0.05) is 0 Å². The van der Waals surface area contributed by atoms with E-state index in [1.165, 1.54) is 0 Å². The molecule has 0 spiro atoms. The monoisotopic (exact) mass is 698 g/mol. The molecule has 2 saturated heterocycles. The molecule has 2 heterocycles. The van der Waals surface area contributed by atoms with Gasteiger partial charge in [-0.05, 0) is 0 Å². The number of aliphatic hydroxyl groups excluding tert-OH is 2. The molecule has 0 bridgehead atoms. The van der Waals surface area contributed by atoms with E-state index in [4.69, 9.17) is 23.5 Å². The van der Waals surface area contributed by atoms with Crippen molar-refractivity contribution in [3.8, 4) is 0 Å². The van der Waals surface area contributed by atoms with Gasteiger partial charge in [-0.25, -0.2) is 0 Å². The Morgan fingerprint density at radius 1 is 1.00 bits per heavy atom. The Morgan fingerprint density at radius 3 is 2.12 bits per heavy atom. The first kappa shape index (κ1) is 37.1. The van der Waals surface area contributed by atoms with Crippen LogP contribution in [0.5, 0.6) is 0 Å². The van der Waals surface area contributed by atoms with Crippen LogP contribution in [-0.4, -0.2) is 83.5 Å². The zero-order valence-corrected chi connectivity index (χ0v) is 30.5. The maximum absolute atomic E-state index is 13.8. The number of carbonyl (C=O) groups is 1. The summed E-state index contributed by atoms with van der Waals surface area (Å²) >= 11 is -2.58. The van der Waals surface area contributed by atoms with Crippen LogP contribution in [0.2, 0.25) is 0 Å². The van der Waals surface area contributed by atoms with Gasteiger partial charge in [0.1, 0.15) is 0 Å². The van der Waals surface area contributed by atoms with Crippen molar-refractivity contribution in [2.45, 2.75) is 148 Å². The molecule has 2 aliphatic heterocycles. The first-order valence-electron chi connectivity index (χ1n) is 15.5. The van der Waals surface area contributed by atoms with Crippen LogP contribution in [0.1, 0.15) is 102 Å². The molecule has 0 aromatic heterocycles. The standard InChI is InChI=1S/C33H63IO7/c1-15-25-32(9,10)28(35)23(5)34(12,13)19-20(2)16-31(7,8)17-21(3)27(22(4)30(37)40-25)41-26-18-33(11,38-14)29(36)24(6)39-26/h20-29,35-36H,12,15-19H2,1-11,13-14H3/t20-,21-,22-,23-,24+,25-,26+,27+,28-,29+,33-/m1/s1. The van der Waals surface area contributed by atoms with Crippen LogP contribution in [0.3, 0.4) is 0 Å². The van der Waals surface area contributed by atoms with Gasteiger partial charge in [0.05, 0.1) is 0 Å². The van der Waals surface area contributed by atoms with Gasteiger partial charge < -0.3 is 5.11 Å². The van der Waals surface area contributed by atoms with Crippen LogP contribution >= 0.6 is 18.0 Å². The SMILES string of the molecule is C=I1(C)C[C@H](C)CC(C)(C)C[C@@H](C)[C@H](O[C@H]2C[C@@](C)(OC)[C@@H](O)[C@H](C)O2)[C@@H](C)C(=O)O[C@H](CC)C(C)(C)[C@H](O)[C@H]1C. The number of methoxy groups -OCH3 is 1. The number of hydrogen-bond donors (Lipinski definition) is 2. The molecule has 2 fully saturated rings. The average molecular weight is 699 g/mol. The third-order valence-electron chi connectivity index (χ3n) is 10.1. The molecule has 0 radical (unpaired) electrons. The van der Waals surface area contributed by atoms with E-state index in [0.29, 0.717) is 18.8 Å². The molecule has 0 aromatic carbocycles. The first-order valence-corrected chi connectivity index (χ1v) is 22.0. The van der Waals surface area contributed by atoms with Gasteiger partial charge in [-0.3, -0.25) is 0 Å². The van der Waals surface area contributed by atoms with E-state index in [2.05, 4.69) is 39.5 Å². The molecular weight excluding hydrogens is 635 g/mol. The van der Waals surface area contributed by atoms with E-state index in [9.17, 15) is 15.0 Å². The van der Waals surface area contributed by atoms with E-state index >= 15 is 0 Å². The Bertz CT molecular complexity index is 919. The van der Waals surface area contributed by atoms with Crippen LogP contribution < -0.4 is 0 Å². The van der Waals surface area contributed by atoms with E-state index in [1.54, 1.807) is 7.11 Å². The van der Waals surface area contributed by atoms with Crippen LogP contribution in [0.15, 0.2) is 0 Å². The minimum absolute atomic E-state index is 0.00634. The van der Waals surface area contributed by atoms with E-state index in [0.717, 1.165) is 17.3 Å². The fraction of sp³-hybridized carbons (Fsp3) is 0.939. The van der Waals surface area contributed by atoms with Gasteiger partial charge in [0, 0.05) is 7.11 Å². The normalized spacial score (nSPS) is 48.2. The number of rotatable bonds is 4. The van der Waals surface area contributed by atoms with Crippen molar-refractivity contribution in [1.82, 2.24) is 0 Å². The average Bonchev–Trinajstić information content (AvgIpc) is 2.85. The molecule has 0 saturated carbocycles. The second-order valence-electron chi connectivity index (χ2n) is 15.2. The van der Waals surface area contributed by atoms with Crippen molar-refractivity contribution in [3.05, 3.63) is 0 Å². The quantitative estimate of drug-likeness (QED) is 0.205. The van der Waals surface area contributed by atoms with Crippen molar-refractivity contribution in [3.63, 3.8) is 0 Å². The number of alkyl halides is 3. The number of carbonyl (C=O) groups excluding carboxylic acids is 1. The Morgan fingerprint density at radius 2 is 1.59 bits per heavy atom. The fourth-order valence-corrected chi connectivity index (χ4v) is 14.7. The Kier molecular flexibility index (Phi) is 12.5. The predicted octanol–water partition coefficient (Wildman–Crippen LogP) is 6.20. The summed E-state index contributed by atoms with van der Waals surface area (Å²) in [6.07, 6.45) is -0.575.